The molecule has 0 amide bonds. The molecular formula is C6H8BLiO9. The van der Waals surface area contributed by atoms with Gasteiger partial charge in [0.25, 0.3) is 0 Å². The van der Waals surface area contributed by atoms with E-state index >= 15 is 0 Å². The fourth-order valence-electron chi connectivity index (χ4n) is 0.579. The molecule has 0 bridgehead atoms. The Morgan fingerprint density at radius 1 is 0.882 bits per heavy atom. The van der Waals surface area contributed by atoms with Crippen molar-refractivity contribution in [1.29, 1.82) is 0 Å². The van der Waals surface area contributed by atoms with Crippen LogP contribution in [0.3, 0.4) is 0 Å². The van der Waals surface area contributed by atoms with E-state index in [9.17, 15) is 19.2 Å². The fraction of sp³-hybridized carbons (Fsp3) is 0.333. The summed E-state index contributed by atoms with van der Waals surface area (Å²) in [5.41, 5.74) is 0. The Kier molecular flexibility index (Phi) is 9.08. The van der Waals surface area contributed by atoms with E-state index in [1.807, 2.05) is 0 Å². The predicted octanol–water partition coefficient (Wildman–Crippen LogP) is -2.65. The average Bonchev–Trinajstić information content (AvgIpc) is 1.97. The molecule has 0 spiro atoms. The second-order valence-electron chi connectivity index (χ2n) is 2.43. The first-order valence-corrected chi connectivity index (χ1v) is 3.82. The molecule has 0 unspecified atom stereocenters. The standard InChI is InChI=1S/C6H7BO9.Li.H/c8-3(9)1-5(12)15-7(14)16-6(13)2-4(10)11;;/h14H,1-2H2,(H,8,9)(H,10,11);;. The van der Waals surface area contributed by atoms with E-state index in [0.29, 0.717) is 0 Å². The summed E-state index contributed by atoms with van der Waals surface area (Å²) in [5.74, 6) is -5.64. The van der Waals surface area contributed by atoms with Crippen molar-refractivity contribution in [2.45, 2.75) is 12.8 Å². The normalized spacial score (nSPS) is 8.53. The first kappa shape index (κ1) is 17.9. The SMILES string of the molecule is O=C(O)CC(=O)OB(O)OC(=O)CC(=O)O.[LiH]. The molecule has 90 valence electrons. The van der Waals surface area contributed by atoms with Gasteiger partial charge in [0.2, 0.25) is 0 Å². The first-order chi connectivity index (χ1) is 7.31. The van der Waals surface area contributed by atoms with Gasteiger partial charge >= 0.3 is 50.1 Å². The summed E-state index contributed by atoms with van der Waals surface area (Å²) in [6, 6.07) is 0. The van der Waals surface area contributed by atoms with Gasteiger partial charge in [-0.2, -0.15) is 0 Å². The number of carbonyl (C=O) groups is 4. The molecule has 0 radical (unpaired) electrons. The van der Waals surface area contributed by atoms with Crippen LogP contribution in [0.1, 0.15) is 12.8 Å². The molecule has 9 nitrogen and oxygen atoms in total. The predicted molar refractivity (Wildman–Crippen MR) is 51.8 cm³/mol. The van der Waals surface area contributed by atoms with E-state index in [4.69, 9.17) is 15.2 Å². The van der Waals surface area contributed by atoms with Crippen LogP contribution in [0, 0.1) is 0 Å². The molecule has 3 N–H and O–H groups in total. The third-order valence-electron chi connectivity index (χ3n) is 1.06. The Morgan fingerprint density at radius 2 is 1.18 bits per heavy atom. The third kappa shape index (κ3) is 10.8. The first-order valence-electron chi connectivity index (χ1n) is 3.82. The Bertz CT molecular complexity index is 287. The van der Waals surface area contributed by atoms with E-state index in [1.165, 1.54) is 0 Å². The van der Waals surface area contributed by atoms with Crippen LogP contribution in [-0.2, 0) is 28.5 Å². The van der Waals surface area contributed by atoms with Crippen molar-refractivity contribution in [1.82, 2.24) is 0 Å². The summed E-state index contributed by atoms with van der Waals surface area (Å²) < 4.78 is 7.83. The molecule has 0 fully saturated rings. The quantitative estimate of drug-likeness (QED) is 0.335. The monoisotopic (exact) mass is 242 g/mol. The number of carboxylic acids is 2. The summed E-state index contributed by atoms with van der Waals surface area (Å²) in [6.07, 6.45) is -2.04. The minimum absolute atomic E-state index is 0. The summed E-state index contributed by atoms with van der Waals surface area (Å²) >= 11 is 0. The van der Waals surface area contributed by atoms with Gasteiger partial charge in [-0.3, -0.25) is 19.2 Å². The third-order valence-corrected chi connectivity index (χ3v) is 1.06. The number of carbonyl (C=O) groups excluding carboxylic acids is 2. The van der Waals surface area contributed by atoms with Gasteiger partial charge in [0, 0.05) is 0 Å². The van der Waals surface area contributed by atoms with Crippen LogP contribution < -0.4 is 0 Å². The van der Waals surface area contributed by atoms with Crippen LogP contribution >= 0.6 is 0 Å². The number of aliphatic carboxylic acids is 2. The van der Waals surface area contributed by atoms with Gasteiger partial charge in [-0.05, 0) is 0 Å². The average molecular weight is 242 g/mol. The summed E-state index contributed by atoms with van der Waals surface area (Å²) in [4.78, 5) is 41.2. The van der Waals surface area contributed by atoms with Gasteiger partial charge in [-0.25, -0.2) is 0 Å². The summed E-state index contributed by atoms with van der Waals surface area (Å²) in [5, 5.41) is 25.0. The van der Waals surface area contributed by atoms with Crippen LogP contribution in [0.5, 0.6) is 0 Å². The number of hydrogen-bond acceptors (Lipinski definition) is 7. The van der Waals surface area contributed by atoms with Crippen molar-refractivity contribution in [2.24, 2.45) is 0 Å². The zero-order chi connectivity index (χ0) is 12.7. The van der Waals surface area contributed by atoms with E-state index in [-0.39, 0.29) is 18.9 Å². The Morgan fingerprint density at radius 3 is 1.41 bits per heavy atom. The number of hydrogen-bond donors (Lipinski definition) is 3. The van der Waals surface area contributed by atoms with Crippen molar-refractivity contribution in [2.75, 3.05) is 0 Å². The van der Waals surface area contributed by atoms with E-state index in [2.05, 4.69) is 9.31 Å². The molecule has 0 saturated carbocycles. The van der Waals surface area contributed by atoms with E-state index in [1.54, 1.807) is 0 Å². The van der Waals surface area contributed by atoms with Gasteiger partial charge in [0.1, 0.15) is 12.8 Å². The molecule has 11 heteroatoms. The molecule has 0 rings (SSSR count). The van der Waals surface area contributed by atoms with Crippen LogP contribution in [0.15, 0.2) is 0 Å². The zero-order valence-corrected chi connectivity index (χ0v) is 7.78. The van der Waals surface area contributed by atoms with Crippen molar-refractivity contribution in [3.63, 3.8) is 0 Å². The second kappa shape index (κ2) is 8.63. The molecule has 0 atom stereocenters. The van der Waals surface area contributed by atoms with E-state index < -0.39 is 44.0 Å². The minimum atomic E-state index is -2.32. The molecule has 0 aromatic rings. The Balaban J connectivity index is 0. The second-order valence-corrected chi connectivity index (χ2v) is 2.43. The number of rotatable bonds is 6. The molecule has 0 saturated heterocycles. The van der Waals surface area contributed by atoms with Crippen molar-refractivity contribution >= 4 is 50.1 Å². The summed E-state index contributed by atoms with van der Waals surface area (Å²) in [7, 11) is -2.32. The zero-order valence-electron chi connectivity index (χ0n) is 7.78. The van der Waals surface area contributed by atoms with Gasteiger partial charge in [0.05, 0.1) is 0 Å². The molecule has 0 aromatic heterocycles. The van der Waals surface area contributed by atoms with Crippen LogP contribution in [0.4, 0.5) is 0 Å². The summed E-state index contributed by atoms with van der Waals surface area (Å²) in [6.45, 7) is 0. The molecule has 0 aliphatic carbocycles. The van der Waals surface area contributed by atoms with Gasteiger partial charge in [-0.1, -0.05) is 0 Å². The molecule has 0 aliphatic heterocycles. The van der Waals surface area contributed by atoms with Gasteiger partial charge in [0.15, 0.2) is 0 Å². The Hall–Kier alpha value is -1.50. The van der Waals surface area contributed by atoms with Crippen molar-refractivity contribution < 1.29 is 43.7 Å². The van der Waals surface area contributed by atoms with Crippen LogP contribution in [0.2, 0.25) is 0 Å². The molecular weight excluding hydrogens is 234 g/mol. The molecule has 0 aliphatic rings. The molecule has 17 heavy (non-hydrogen) atoms. The Labute approximate surface area is 107 Å². The van der Waals surface area contributed by atoms with Gasteiger partial charge < -0.3 is 24.5 Å². The molecule has 0 aromatic carbocycles. The van der Waals surface area contributed by atoms with E-state index in [0.717, 1.165) is 0 Å². The van der Waals surface area contributed by atoms with Gasteiger partial charge in [-0.15, -0.1) is 0 Å². The fourth-order valence-corrected chi connectivity index (χ4v) is 0.579. The van der Waals surface area contributed by atoms with Crippen LogP contribution in [-0.4, -0.2) is 65.3 Å². The molecule has 0 heterocycles. The van der Waals surface area contributed by atoms with Crippen molar-refractivity contribution in [3.8, 4) is 0 Å². The number of carboxylic acid groups (broad SMARTS) is 2. The van der Waals surface area contributed by atoms with Crippen molar-refractivity contribution in [3.05, 3.63) is 0 Å². The van der Waals surface area contributed by atoms with Crippen LogP contribution in [0.25, 0.3) is 0 Å². The maximum absolute atomic E-state index is 10.6. The topological polar surface area (TPSA) is 147 Å². The maximum atomic E-state index is 10.6.